The average Bonchev–Trinajstić information content (AvgIpc) is 3.14. The van der Waals surface area contributed by atoms with Gasteiger partial charge in [-0.3, -0.25) is 9.67 Å². The van der Waals surface area contributed by atoms with Gasteiger partial charge in [-0.15, -0.1) is 0 Å². The van der Waals surface area contributed by atoms with Crippen LogP contribution in [-0.2, 0) is 6.54 Å². The van der Waals surface area contributed by atoms with Crippen molar-refractivity contribution in [1.82, 2.24) is 19.7 Å². The van der Waals surface area contributed by atoms with Gasteiger partial charge in [0.25, 0.3) is 0 Å². The van der Waals surface area contributed by atoms with Gasteiger partial charge in [0, 0.05) is 45.2 Å². The van der Waals surface area contributed by atoms with Gasteiger partial charge >= 0.3 is 0 Å². The van der Waals surface area contributed by atoms with Crippen LogP contribution in [0.3, 0.4) is 0 Å². The van der Waals surface area contributed by atoms with E-state index in [0.717, 1.165) is 33.4 Å². The van der Waals surface area contributed by atoms with Gasteiger partial charge in [-0.2, -0.15) is 5.10 Å². The molecule has 0 radical (unpaired) electrons. The Labute approximate surface area is 135 Å². The number of H-pyrrole nitrogens is 1. The van der Waals surface area contributed by atoms with Crippen molar-refractivity contribution in [2.24, 2.45) is 0 Å². The van der Waals surface area contributed by atoms with Crippen LogP contribution in [0.1, 0.15) is 5.69 Å². The van der Waals surface area contributed by atoms with E-state index in [1.807, 2.05) is 29.1 Å². The molecule has 0 spiro atoms. The first-order valence-electron chi connectivity index (χ1n) is 6.98. The summed E-state index contributed by atoms with van der Waals surface area (Å²) in [5.74, 6) is 0. The van der Waals surface area contributed by atoms with Crippen LogP contribution in [0, 0.1) is 0 Å². The number of rotatable bonds is 3. The van der Waals surface area contributed by atoms with Crippen molar-refractivity contribution in [2.75, 3.05) is 0 Å². The second-order valence-electron chi connectivity index (χ2n) is 5.19. The zero-order valence-electron chi connectivity index (χ0n) is 11.7. The topological polar surface area (TPSA) is 46.5 Å². The molecule has 0 fully saturated rings. The normalized spacial score (nSPS) is 11.1. The first-order chi connectivity index (χ1) is 10.8. The van der Waals surface area contributed by atoms with Crippen LogP contribution < -0.4 is 0 Å². The Morgan fingerprint density at radius 3 is 2.77 bits per heavy atom. The second kappa shape index (κ2) is 5.42. The molecule has 0 saturated carbocycles. The van der Waals surface area contributed by atoms with Gasteiger partial charge in [-0.05, 0) is 42.0 Å². The third-order valence-corrected chi connectivity index (χ3v) is 4.11. The smallest absolute Gasteiger partial charge is 0.0809 e. The third kappa shape index (κ3) is 2.55. The molecule has 0 unspecified atom stereocenters. The van der Waals surface area contributed by atoms with Gasteiger partial charge in [0.15, 0.2) is 0 Å². The molecule has 108 valence electrons. The molecule has 0 saturated heterocycles. The summed E-state index contributed by atoms with van der Waals surface area (Å²) in [5.41, 5.74) is 4.50. The van der Waals surface area contributed by atoms with Gasteiger partial charge < -0.3 is 4.98 Å². The first kappa shape index (κ1) is 13.3. The summed E-state index contributed by atoms with van der Waals surface area (Å²) in [6.07, 6.45) is 7.52. The fraction of sp³-hybridized carbons (Fsp3) is 0.0588. The zero-order valence-corrected chi connectivity index (χ0v) is 13.3. The lowest BCUT2D eigenvalue weighted by molar-refractivity contribution is 0.677. The van der Waals surface area contributed by atoms with Crippen molar-refractivity contribution >= 4 is 26.8 Å². The Kier molecular flexibility index (Phi) is 3.27. The fourth-order valence-electron chi connectivity index (χ4n) is 2.57. The molecule has 22 heavy (non-hydrogen) atoms. The Morgan fingerprint density at radius 2 is 1.91 bits per heavy atom. The first-order valence-corrected chi connectivity index (χ1v) is 7.77. The van der Waals surface area contributed by atoms with Crippen LogP contribution in [-0.4, -0.2) is 19.7 Å². The minimum Gasteiger partial charge on any atom is -0.357 e. The molecule has 0 atom stereocenters. The summed E-state index contributed by atoms with van der Waals surface area (Å²) in [7, 11) is 0. The van der Waals surface area contributed by atoms with Crippen molar-refractivity contribution in [3.8, 4) is 11.1 Å². The number of nitrogens with zero attached hydrogens (tertiary/aromatic N) is 3. The number of pyridine rings is 1. The van der Waals surface area contributed by atoms with E-state index in [1.165, 1.54) is 5.39 Å². The number of halogens is 1. The fourth-order valence-corrected chi connectivity index (χ4v) is 2.95. The van der Waals surface area contributed by atoms with Gasteiger partial charge in [0.2, 0.25) is 0 Å². The van der Waals surface area contributed by atoms with E-state index in [2.05, 4.69) is 55.4 Å². The minimum absolute atomic E-state index is 0.720. The lowest BCUT2D eigenvalue weighted by Gasteiger charge is -1.98. The van der Waals surface area contributed by atoms with E-state index in [0.29, 0.717) is 0 Å². The van der Waals surface area contributed by atoms with Gasteiger partial charge in [-0.25, -0.2) is 0 Å². The SMILES string of the molecule is Brc1ccc2[nH]c(Cn3cc(-c4ccncc4)cn3)cc2c1. The van der Waals surface area contributed by atoms with Gasteiger partial charge in [0.1, 0.15) is 0 Å². The standard InChI is InChI=1S/C17H13BrN4/c18-15-1-2-17-13(7-15)8-16(21-17)11-22-10-14(9-20-22)12-3-5-19-6-4-12/h1-10,21H,11H2. The Bertz CT molecular complexity index is 924. The van der Waals surface area contributed by atoms with Gasteiger partial charge in [0.05, 0.1) is 12.7 Å². The number of hydrogen-bond donors (Lipinski definition) is 1. The lowest BCUT2D eigenvalue weighted by atomic mass is 10.1. The quantitative estimate of drug-likeness (QED) is 0.599. The van der Waals surface area contributed by atoms with Crippen LogP contribution in [0.25, 0.3) is 22.0 Å². The molecule has 3 heterocycles. The third-order valence-electron chi connectivity index (χ3n) is 3.62. The van der Waals surface area contributed by atoms with E-state index < -0.39 is 0 Å². The van der Waals surface area contributed by atoms with E-state index in [4.69, 9.17) is 0 Å². The molecule has 3 aromatic heterocycles. The molecule has 4 nitrogen and oxygen atoms in total. The van der Waals surface area contributed by atoms with Crippen LogP contribution in [0.2, 0.25) is 0 Å². The molecule has 4 aromatic rings. The average molecular weight is 353 g/mol. The Balaban J connectivity index is 1.61. The predicted octanol–water partition coefficient (Wildman–Crippen LogP) is 4.24. The van der Waals surface area contributed by atoms with Crippen LogP contribution in [0.5, 0.6) is 0 Å². The number of hydrogen-bond acceptors (Lipinski definition) is 2. The highest BCUT2D eigenvalue weighted by atomic mass is 79.9. The summed E-state index contributed by atoms with van der Waals surface area (Å²) in [6, 6.07) is 12.4. The largest absolute Gasteiger partial charge is 0.357 e. The maximum absolute atomic E-state index is 4.44. The maximum atomic E-state index is 4.44. The molecular weight excluding hydrogens is 340 g/mol. The summed E-state index contributed by atoms with van der Waals surface area (Å²) >= 11 is 3.50. The van der Waals surface area contributed by atoms with E-state index >= 15 is 0 Å². The number of benzene rings is 1. The molecule has 1 N–H and O–H groups in total. The maximum Gasteiger partial charge on any atom is 0.0809 e. The van der Waals surface area contributed by atoms with Crippen molar-refractivity contribution in [3.05, 3.63) is 71.4 Å². The molecule has 5 heteroatoms. The highest BCUT2D eigenvalue weighted by molar-refractivity contribution is 9.10. The number of aromatic amines is 1. The monoisotopic (exact) mass is 352 g/mol. The second-order valence-corrected chi connectivity index (χ2v) is 6.10. The summed E-state index contributed by atoms with van der Waals surface area (Å²) in [5, 5.41) is 5.64. The molecule has 0 aliphatic carbocycles. The van der Waals surface area contributed by atoms with Crippen LogP contribution in [0.4, 0.5) is 0 Å². The highest BCUT2D eigenvalue weighted by Crippen LogP contribution is 2.22. The van der Waals surface area contributed by atoms with Crippen molar-refractivity contribution in [3.63, 3.8) is 0 Å². The van der Waals surface area contributed by atoms with Crippen molar-refractivity contribution in [1.29, 1.82) is 0 Å². The zero-order chi connectivity index (χ0) is 14.9. The van der Waals surface area contributed by atoms with Crippen LogP contribution >= 0.6 is 15.9 Å². The number of fused-ring (bicyclic) bond motifs is 1. The van der Waals surface area contributed by atoms with Crippen LogP contribution in [0.15, 0.2) is 65.7 Å². The summed E-state index contributed by atoms with van der Waals surface area (Å²) in [4.78, 5) is 7.47. The Morgan fingerprint density at radius 1 is 1.05 bits per heavy atom. The lowest BCUT2D eigenvalue weighted by Crippen LogP contribution is -1.99. The highest BCUT2D eigenvalue weighted by Gasteiger charge is 2.05. The van der Waals surface area contributed by atoms with Crippen molar-refractivity contribution in [2.45, 2.75) is 6.54 Å². The molecule has 0 bridgehead atoms. The number of aromatic nitrogens is 4. The molecule has 0 aliphatic heterocycles. The van der Waals surface area contributed by atoms with Crippen molar-refractivity contribution < 1.29 is 0 Å². The molecular formula is C17H13BrN4. The number of nitrogens with one attached hydrogen (secondary N) is 1. The molecule has 0 aliphatic rings. The van der Waals surface area contributed by atoms with E-state index in [1.54, 1.807) is 12.4 Å². The Hall–Kier alpha value is -2.40. The summed E-state index contributed by atoms with van der Waals surface area (Å²) in [6.45, 7) is 0.720. The molecule has 0 amide bonds. The molecule has 4 rings (SSSR count). The van der Waals surface area contributed by atoms with E-state index in [-0.39, 0.29) is 0 Å². The molecule has 1 aromatic carbocycles. The minimum atomic E-state index is 0.720. The van der Waals surface area contributed by atoms with E-state index in [9.17, 15) is 0 Å². The van der Waals surface area contributed by atoms with Gasteiger partial charge in [-0.1, -0.05) is 15.9 Å². The summed E-state index contributed by atoms with van der Waals surface area (Å²) < 4.78 is 3.03. The predicted molar refractivity (Wildman–Crippen MR) is 90.6 cm³/mol.